The fourth-order valence-electron chi connectivity index (χ4n) is 0.927. The van der Waals surface area contributed by atoms with Crippen LogP contribution in [0.25, 0.3) is 10.3 Å². The molecule has 2 heterocycles. The van der Waals surface area contributed by atoms with Gasteiger partial charge >= 0.3 is 0 Å². The fourth-order valence-corrected chi connectivity index (χ4v) is 1.90. The number of thiazole rings is 1. The summed E-state index contributed by atoms with van der Waals surface area (Å²) in [6, 6.07) is 0. The monoisotopic (exact) mass is 199 g/mol. The molecule has 2 aromatic heterocycles. The summed E-state index contributed by atoms with van der Waals surface area (Å²) >= 11 is 7.36. The van der Waals surface area contributed by atoms with Crippen molar-refractivity contribution in [3.8, 4) is 0 Å². The molecule has 12 heavy (non-hydrogen) atoms. The van der Waals surface area contributed by atoms with E-state index in [4.69, 9.17) is 11.6 Å². The Morgan fingerprint density at radius 1 is 1.50 bits per heavy atom. The third kappa shape index (κ3) is 1.17. The molecule has 0 atom stereocenters. The van der Waals surface area contributed by atoms with E-state index in [1.165, 1.54) is 11.3 Å². The molecular weight excluding hydrogens is 194 g/mol. The normalized spacial score (nSPS) is 10.8. The van der Waals surface area contributed by atoms with E-state index >= 15 is 0 Å². The molecule has 0 amide bonds. The van der Waals surface area contributed by atoms with E-state index in [1.807, 2.05) is 6.92 Å². The topological polar surface area (TPSA) is 38.7 Å². The van der Waals surface area contributed by atoms with Gasteiger partial charge in [0, 0.05) is 6.42 Å². The molecule has 0 unspecified atom stereocenters. The van der Waals surface area contributed by atoms with Crippen molar-refractivity contribution in [1.29, 1.82) is 0 Å². The number of rotatable bonds is 1. The molecule has 2 aromatic rings. The molecule has 3 nitrogen and oxygen atoms in total. The second-order valence-electron chi connectivity index (χ2n) is 2.29. The predicted molar refractivity (Wildman–Crippen MR) is 49.6 cm³/mol. The molecule has 0 saturated carbocycles. The van der Waals surface area contributed by atoms with E-state index in [9.17, 15) is 0 Å². The van der Waals surface area contributed by atoms with Crippen molar-refractivity contribution in [2.75, 3.05) is 0 Å². The molecule has 5 heteroatoms. The highest BCUT2D eigenvalue weighted by molar-refractivity contribution is 7.16. The maximum Gasteiger partial charge on any atom is 0.159 e. The van der Waals surface area contributed by atoms with E-state index in [-0.39, 0.29) is 0 Å². The van der Waals surface area contributed by atoms with Gasteiger partial charge in [0.1, 0.15) is 16.2 Å². The van der Waals surface area contributed by atoms with Crippen molar-refractivity contribution >= 4 is 33.3 Å². The van der Waals surface area contributed by atoms with Crippen molar-refractivity contribution in [2.45, 2.75) is 13.3 Å². The first-order valence-electron chi connectivity index (χ1n) is 3.57. The van der Waals surface area contributed by atoms with E-state index in [0.717, 1.165) is 17.1 Å². The summed E-state index contributed by atoms with van der Waals surface area (Å²) < 4.78 is 0. The SMILES string of the molecule is CCc1nc(Cl)c2ncsc2n1. The molecule has 0 fully saturated rings. The zero-order chi connectivity index (χ0) is 8.55. The van der Waals surface area contributed by atoms with E-state index in [2.05, 4.69) is 15.0 Å². The molecule has 2 rings (SSSR count). The molecule has 0 radical (unpaired) electrons. The van der Waals surface area contributed by atoms with E-state index < -0.39 is 0 Å². The molecular formula is C7H6ClN3S. The van der Waals surface area contributed by atoms with Gasteiger partial charge in [0.05, 0.1) is 5.51 Å². The highest BCUT2D eigenvalue weighted by Gasteiger charge is 2.06. The molecule has 0 aliphatic heterocycles. The average Bonchev–Trinajstić information content (AvgIpc) is 2.52. The first-order valence-corrected chi connectivity index (χ1v) is 4.82. The molecule has 0 aliphatic rings. The molecule has 0 aromatic carbocycles. The quantitative estimate of drug-likeness (QED) is 0.662. The van der Waals surface area contributed by atoms with Crippen molar-refractivity contribution in [1.82, 2.24) is 15.0 Å². The van der Waals surface area contributed by atoms with Crippen molar-refractivity contribution in [2.24, 2.45) is 0 Å². The van der Waals surface area contributed by atoms with Gasteiger partial charge in [-0.05, 0) is 0 Å². The Labute approximate surface area is 78.4 Å². The Bertz CT molecular complexity index is 412. The van der Waals surface area contributed by atoms with Gasteiger partial charge in [0.15, 0.2) is 5.15 Å². The minimum absolute atomic E-state index is 0.457. The average molecular weight is 200 g/mol. The van der Waals surface area contributed by atoms with Gasteiger partial charge < -0.3 is 0 Å². The van der Waals surface area contributed by atoms with E-state index in [1.54, 1.807) is 5.51 Å². The number of nitrogens with zero attached hydrogens (tertiary/aromatic N) is 3. The number of fused-ring (bicyclic) bond motifs is 1. The van der Waals surface area contributed by atoms with E-state index in [0.29, 0.717) is 10.7 Å². The van der Waals surface area contributed by atoms with Gasteiger partial charge in [0.25, 0.3) is 0 Å². The maximum absolute atomic E-state index is 5.88. The number of aromatic nitrogens is 3. The molecule has 0 saturated heterocycles. The smallest absolute Gasteiger partial charge is 0.159 e. The lowest BCUT2D eigenvalue weighted by molar-refractivity contribution is 0.962. The number of aryl methyl sites for hydroxylation is 1. The second-order valence-corrected chi connectivity index (χ2v) is 3.48. The van der Waals surface area contributed by atoms with Crippen LogP contribution in [0.4, 0.5) is 0 Å². The summed E-state index contributed by atoms with van der Waals surface area (Å²) in [5.74, 6) is 0.775. The Hall–Kier alpha value is -0.740. The lowest BCUT2D eigenvalue weighted by Crippen LogP contribution is -1.92. The van der Waals surface area contributed by atoms with Crippen LogP contribution >= 0.6 is 22.9 Å². The Morgan fingerprint density at radius 3 is 3.08 bits per heavy atom. The number of hydrogen-bond acceptors (Lipinski definition) is 4. The van der Waals surface area contributed by atoms with Crippen LogP contribution in [0, 0.1) is 0 Å². The van der Waals surface area contributed by atoms with Crippen LogP contribution < -0.4 is 0 Å². The van der Waals surface area contributed by atoms with Crippen LogP contribution in [-0.4, -0.2) is 15.0 Å². The Balaban J connectivity index is 2.75. The van der Waals surface area contributed by atoms with Gasteiger partial charge in [-0.3, -0.25) is 0 Å². The second kappa shape index (κ2) is 2.95. The standard InChI is InChI=1S/C7H6ClN3S/c1-2-4-10-6(8)5-7(11-4)12-3-9-5/h3H,2H2,1H3. The van der Waals surface area contributed by atoms with Gasteiger partial charge in [-0.2, -0.15) is 0 Å². The first kappa shape index (κ1) is 7.89. The summed E-state index contributed by atoms with van der Waals surface area (Å²) in [4.78, 5) is 13.3. The van der Waals surface area contributed by atoms with Gasteiger partial charge in [0.2, 0.25) is 0 Å². The van der Waals surface area contributed by atoms with Crippen LogP contribution in [-0.2, 0) is 6.42 Å². The van der Waals surface area contributed by atoms with Crippen molar-refractivity contribution in [3.05, 3.63) is 16.5 Å². The third-order valence-corrected chi connectivity index (χ3v) is 2.50. The van der Waals surface area contributed by atoms with Gasteiger partial charge in [-0.15, -0.1) is 11.3 Å². The van der Waals surface area contributed by atoms with Crippen LogP contribution in [0.5, 0.6) is 0 Å². The predicted octanol–water partition coefficient (Wildman–Crippen LogP) is 2.30. The molecule has 0 aliphatic carbocycles. The van der Waals surface area contributed by atoms with Crippen LogP contribution in [0.3, 0.4) is 0 Å². The number of hydrogen-bond donors (Lipinski definition) is 0. The molecule has 0 bridgehead atoms. The highest BCUT2D eigenvalue weighted by Crippen LogP contribution is 2.21. The zero-order valence-electron chi connectivity index (χ0n) is 6.41. The summed E-state index contributed by atoms with van der Waals surface area (Å²) in [7, 11) is 0. The van der Waals surface area contributed by atoms with Crippen molar-refractivity contribution < 1.29 is 0 Å². The fraction of sp³-hybridized carbons (Fsp3) is 0.286. The Kier molecular flexibility index (Phi) is 1.94. The van der Waals surface area contributed by atoms with Gasteiger partial charge in [-0.25, -0.2) is 15.0 Å². The molecule has 0 N–H and O–H groups in total. The van der Waals surface area contributed by atoms with Crippen LogP contribution in [0.1, 0.15) is 12.7 Å². The largest absolute Gasteiger partial charge is 0.240 e. The summed E-state index contributed by atoms with van der Waals surface area (Å²) in [6.45, 7) is 2.00. The van der Waals surface area contributed by atoms with Gasteiger partial charge in [-0.1, -0.05) is 18.5 Å². The minimum Gasteiger partial charge on any atom is -0.240 e. The summed E-state index contributed by atoms with van der Waals surface area (Å²) in [6.07, 6.45) is 0.799. The molecule has 0 spiro atoms. The highest BCUT2D eigenvalue weighted by atomic mass is 35.5. The maximum atomic E-state index is 5.88. The first-order chi connectivity index (χ1) is 5.81. The Morgan fingerprint density at radius 2 is 2.33 bits per heavy atom. The van der Waals surface area contributed by atoms with Crippen molar-refractivity contribution in [3.63, 3.8) is 0 Å². The minimum atomic E-state index is 0.457. The lowest BCUT2D eigenvalue weighted by Gasteiger charge is -1.95. The number of halogens is 1. The summed E-state index contributed by atoms with van der Waals surface area (Å²) in [5, 5.41) is 0.457. The summed E-state index contributed by atoms with van der Waals surface area (Å²) in [5.41, 5.74) is 2.43. The van der Waals surface area contributed by atoms with Crippen LogP contribution in [0.2, 0.25) is 5.15 Å². The third-order valence-electron chi connectivity index (χ3n) is 1.52. The van der Waals surface area contributed by atoms with Crippen LogP contribution in [0.15, 0.2) is 5.51 Å². The zero-order valence-corrected chi connectivity index (χ0v) is 7.98. The lowest BCUT2D eigenvalue weighted by atomic mass is 10.4. The molecule has 62 valence electrons.